The number of aliphatic hydroxyl groups is 4. The third kappa shape index (κ3) is 3.65. The molecule has 0 aromatic heterocycles. The van der Waals surface area contributed by atoms with Crippen molar-refractivity contribution in [2.45, 2.75) is 50.2 Å². The zero-order valence-corrected chi connectivity index (χ0v) is 15.0. The molecular formula is C21H25NO5. The number of hydrogen-bond acceptors (Lipinski definition) is 6. The first-order chi connectivity index (χ1) is 13.1. The molecule has 0 spiro atoms. The van der Waals surface area contributed by atoms with Gasteiger partial charge in [0.05, 0.1) is 6.61 Å². The van der Waals surface area contributed by atoms with Crippen LogP contribution in [0.1, 0.15) is 28.4 Å². The van der Waals surface area contributed by atoms with Crippen LogP contribution in [0.15, 0.2) is 48.5 Å². The zero-order valence-electron chi connectivity index (χ0n) is 15.0. The minimum Gasteiger partial charge on any atom is -0.394 e. The molecule has 4 N–H and O–H groups in total. The lowest BCUT2D eigenvalue weighted by Crippen LogP contribution is -2.55. The van der Waals surface area contributed by atoms with Crippen molar-refractivity contribution in [1.29, 1.82) is 0 Å². The quantitative estimate of drug-likeness (QED) is 0.633. The Morgan fingerprint density at radius 2 is 1.59 bits per heavy atom. The average molecular weight is 371 g/mol. The second-order valence-electron chi connectivity index (χ2n) is 7.41. The maximum absolute atomic E-state index is 10.3. The van der Waals surface area contributed by atoms with Crippen LogP contribution in [0, 0.1) is 0 Å². The molecule has 6 nitrogen and oxygen atoms in total. The van der Waals surface area contributed by atoms with Crippen molar-refractivity contribution in [1.82, 2.24) is 4.90 Å². The Balaban J connectivity index is 1.49. The molecule has 2 aliphatic rings. The Hall–Kier alpha value is -1.80. The molecule has 0 amide bonds. The van der Waals surface area contributed by atoms with E-state index in [1.165, 1.54) is 11.1 Å². The molecule has 5 unspecified atom stereocenters. The van der Waals surface area contributed by atoms with Crippen molar-refractivity contribution in [3.8, 4) is 0 Å². The van der Waals surface area contributed by atoms with E-state index in [2.05, 4.69) is 29.2 Å². The van der Waals surface area contributed by atoms with E-state index < -0.39 is 37.1 Å². The first-order valence-electron chi connectivity index (χ1n) is 9.25. The topological polar surface area (TPSA) is 93.4 Å². The average Bonchev–Trinajstić information content (AvgIpc) is 3.09. The molecule has 0 saturated carbocycles. The number of benzene rings is 2. The fourth-order valence-electron chi connectivity index (χ4n) is 4.02. The molecule has 2 aromatic rings. The summed E-state index contributed by atoms with van der Waals surface area (Å²) in [6.07, 6.45) is -5.65. The molecule has 0 bridgehead atoms. The van der Waals surface area contributed by atoms with Gasteiger partial charge in [-0.3, -0.25) is 4.90 Å². The van der Waals surface area contributed by atoms with Crippen LogP contribution in [-0.2, 0) is 24.4 Å². The monoisotopic (exact) mass is 371 g/mol. The van der Waals surface area contributed by atoms with Gasteiger partial charge in [0.1, 0.15) is 30.5 Å². The standard InChI is InChI=1S/C21H25NO5/c23-12-17-18(24)19(25)20(26)21(27-17)14-7-3-4-13(8-14)9-22-10-15-5-1-2-6-16(15)11-22/h1-8,17-21,23-26H,9-12H2. The minimum atomic E-state index is -1.36. The van der Waals surface area contributed by atoms with Crippen molar-refractivity contribution < 1.29 is 25.2 Å². The van der Waals surface area contributed by atoms with Gasteiger partial charge in [-0.05, 0) is 22.3 Å². The highest BCUT2D eigenvalue weighted by Crippen LogP contribution is 2.33. The van der Waals surface area contributed by atoms with E-state index in [-0.39, 0.29) is 0 Å². The molecule has 2 heterocycles. The van der Waals surface area contributed by atoms with E-state index in [1.54, 1.807) is 0 Å². The van der Waals surface area contributed by atoms with Gasteiger partial charge in [-0.2, -0.15) is 0 Å². The highest BCUT2D eigenvalue weighted by molar-refractivity contribution is 5.31. The van der Waals surface area contributed by atoms with Gasteiger partial charge in [0, 0.05) is 19.6 Å². The lowest BCUT2D eigenvalue weighted by Gasteiger charge is -2.40. The second-order valence-corrected chi connectivity index (χ2v) is 7.41. The fourth-order valence-corrected chi connectivity index (χ4v) is 4.02. The summed E-state index contributed by atoms with van der Waals surface area (Å²) in [5.74, 6) is 0. The van der Waals surface area contributed by atoms with E-state index in [9.17, 15) is 20.4 Å². The summed E-state index contributed by atoms with van der Waals surface area (Å²) in [6, 6.07) is 16.1. The Morgan fingerprint density at radius 3 is 2.26 bits per heavy atom. The van der Waals surface area contributed by atoms with Crippen LogP contribution < -0.4 is 0 Å². The van der Waals surface area contributed by atoms with Gasteiger partial charge in [-0.1, -0.05) is 48.5 Å². The number of fused-ring (bicyclic) bond motifs is 1. The summed E-state index contributed by atoms with van der Waals surface area (Å²) >= 11 is 0. The van der Waals surface area contributed by atoms with Gasteiger partial charge in [-0.15, -0.1) is 0 Å². The molecule has 144 valence electrons. The van der Waals surface area contributed by atoms with Crippen LogP contribution in [-0.4, -0.2) is 56.3 Å². The second kappa shape index (κ2) is 7.67. The summed E-state index contributed by atoms with van der Waals surface area (Å²) in [4.78, 5) is 2.34. The molecule has 2 aliphatic heterocycles. The highest BCUT2D eigenvalue weighted by Gasteiger charge is 2.43. The number of hydrogen-bond donors (Lipinski definition) is 4. The van der Waals surface area contributed by atoms with Crippen LogP contribution in [0.5, 0.6) is 0 Å². The Kier molecular flexibility index (Phi) is 5.27. The molecule has 27 heavy (non-hydrogen) atoms. The van der Waals surface area contributed by atoms with Crippen molar-refractivity contribution in [3.05, 3.63) is 70.8 Å². The molecule has 0 radical (unpaired) electrons. The van der Waals surface area contributed by atoms with Crippen molar-refractivity contribution in [2.75, 3.05) is 6.61 Å². The SMILES string of the molecule is OCC1OC(c2cccc(CN3Cc4ccccc4C3)c2)C(O)C(O)C1O. The van der Waals surface area contributed by atoms with E-state index in [4.69, 9.17) is 4.74 Å². The molecule has 2 aromatic carbocycles. The molecular weight excluding hydrogens is 346 g/mol. The Morgan fingerprint density at radius 1 is 0.889 bits per heavy atom. The Bertz CT molecular complexity index is 771. The van der Waals surface area contributed by atoms with E-state index >= 15 is 0 Å². The predicted molar refractivity (Wildman–Crippen MR) is 98.6 cm³/mol. The van der Waals surface area contributed by atoms with Crippen molar-refractivity contribution in [2.24, 2.45) is 0 Å². The van der Waals surface area contributed by atoms with E-state index in [0.29, 0.717) is 0 Å². The first kappa shape index (κ1) is 18.6. The number of nitrogens with zero attached hydrogens (tertiary/aromatic N) is 1. The van der Waals surface area contributed by atoms with Crippen LogP contribution >= 0.6 is 0 Å². The third-order valence-corrected chi connectivity index (χ3v) is 5.48. The van der Waals surface area contributed by atoms with Gasteiger partial charge in [0.2, 0.25) is 0 Å². The van der Waals surface area contributed by atoms with E-state index in [0.717, 1.165) is 30.8 Å². The molecule has 1 saturated heterocycles. The maximum Gasteiger partial charge on any atom is 0.113 e. The van der Waals surface area contributed by atoms with Crippen molar-refractivity contribution in [3.63, 3.8) is 0 Å². The summed E-state index contributed by atoms with van der Waals surface area (Å²) in [5, 5.41) is 39.7. The van der Waals surface area contributed by atoms with Crippen LogP contribution in [0.2, 0.25) is 0 Å². The first-order valence-corrected chi connectivity index (χ1v) is 9.25. The van der Waals surface area contributed by atoms with Crippen molar-refractivity contribution >= 4 is 0 Å². The van der Waals surface area contributed by atoms with Crippen LogP contribution in [0.4, 0.5) is 0 Å². The largest absolute Gasteiger partial charge is 0.394 e. The van der Waals surface area contributed by atoms with Gasteiger partial charge >= 0.3 is 0 Å². The molecule has 5 atom stereocenters. The maximum atomic E-state index is 10.3. The lowest BCUT2D eigenvalue weighted by molar-refractivity contribution is -0.231. The molecule has 6 heteroatoms. The van der Waals surface area contributed by atoms with Gasteiger partial charge in [0.15, 0.2) is 0 Å². The minimum absolute atomic E-state index is 0.423. The summed E-state index contributed by atoms with van der Waals surface area (Å²) in [6.45, 7) is 2.15. The van der Waals surface area contributed by atoms with Gasteiger partial charge in [-0.25, -0.2) is 0 Å². The zero-order chi connectivity index (χ0) is 19.0. The number of ether oxygens (including phenoxy) is 1. The lowest BCUT2D eigenvalue weighted by atomic mass is 9.90. The van der Waals surface area contributed by atoms with Gasteiger partial charge < -0.3 is 25.2 Å². The fraction of sp³-hybridized carbons (Fsp3) is 0.429. The van der Waals surface area contributed by atoms with Gasteiger partial charge in [0.25, 0.3) is 0 Å². The normalized spacial score (nSPS) is 31.0. The summed E-state index contributed by atoms with van der Waals surface area (Å²) in [5.41, 5.74) is 4.50. The van der Waals surface area contributed by atoms with E-state index in [1.807, 2.05) is 24.3 Å². The smallest absolute Gasteiger partial charge is 0.113 e. The Labute approximate surface area is 158 Å². The van der Waals surface area contributed by atoms with Crippen LogP contribution in [0.3, 0.4) is 0 Å². The highest BCUT2D eigenvalue weighted by atomic mass is 16.5. The summed E-state index contributed by atoms with van der Waals surface area (Å²) in [7, 11) is 0. The molecule has 4 rings (SSSR count). The predicted octanol–water partition coefficient (Wildman–Crippen LogP) is 0.717. The summed E-state index contributed by atoms with van der Waals surface area (Å²) < 4.78 is 5.67. The van der Waals surface area contributed by atoms with Crippen LogP contribution in [0.25, 0.3) is 0 Å². The number of rotatable bonds is 4. The molecule has 1 fully saturated rings. The molecule has 0 aliphatic carbocycles. The third-order valence-electron chi connectivity index (χ3n) is 5.48. The number of aliphatic hydroxyl groups excluding tert-OH is 4.